The summed E-state index contributed by atoms with van der Waals surface area (Å²) in [6.45, 7) is 1.51. The van der Waals surface area contributed by atoms with Crippen LogP contribution in [-0.2, 0) is 9.59 Å². The van der Waals surface area contributed by atoms with E-state index in [1.807, 2.05) is 18.2 Å². The zero-order valence-electron chi connectivity index (χ0n) is 14.1. The van der Waals surface area contributed by atoms with Crippen LogP contribution in [0.5, 0.6) is 11.5 Å². The molecule has 2 fully saturated rings. The van der Waals surface area contributed by atoms with E-state index in [1.54, 1.807) is 30.9 Å². The minimum Gasteiger partial charge on any atom is -0.493 e. The maximum absolute atomic E-state index is 12.4. The quantitative estimate of drug-likeness (QED) is 0.879. The minimum absolute atomic E-state index is 0.0526. The molecule has 2 aliphatic rings. The Morgan fingerprint density at radius 1 is 1.21 bits per heavy atom. The Morgan fingerprint density at radius 3 is 2.50 bits per heavy atom. The van der Waals surface area contributed by atoms with Crippen molar-refractivity contribution in [3.8, 4) is 11.5 Å². The van der Waals surface area contributed by atoms with Crippen molar-refractivity contribution in [1.82, 2.24) is 10.2 Å². The van der Waals surface area contributed by atoms with Crippen LogP contribution in [0.15, 0.2) is 18.2 Å². The van der Waals surface area contributed by atoms with Crippen LogP contribution < -0.4 is 14.8 Å². The third-order valence-electron chi connectivity index (χ3n) is 4.28. The number of rotatable bonds is 5. The zero-order chi connectivity index (χ0) is 17.3. The molecule has 0 spiro atoms. The third kappa shape index (κ3) is 3.31. The standard InChI is InChI=1S/C17H22N2O4S/c1-10(20)19-13(16(21)18-12-5-6-12)9-24-17(19)11-4-7-14(22-2)15(8-11)23-3/h4,7-8,12-13,17H,5-6,9H2,1-3H3,(H,18,21)/t13-,17-/m0/s1. The van der Waals surface area contributed by atoms with E-state index in [0.29, 0.717) is 17.3 Å². The van der Waals surface area contributed by atoms with Crippen LogP contribution in [-0.4, -0.2) is 48.8 Å². The van der Waals surface area contributed by atoms with E-state index in [4.69, 9.17) is 9.47 Å². The molecule has 1 aromatic rings. The molecule has 2 amide bonds. The van der Waals surface area contributed by atoms with Gasteiger partial charge in [0, 0.05) is 18.7 Å². The molecule has 1 aliphatic heterocycles. The normalized spacial score (nSPS) is 23.0. The molecule has 7 heteroatoms. The molecule has 3 rings (SSSR count). The first-order valence-corrected chi connectivity index (χ1v) is 9.02. The average molecular weight is 350 g/mol. The van der Waals surface area contributed by atoms with E-state index in [1.165, 1.54) is 6.92 Å². The fourth-order valence-electron chi connectivity index (χ4n) is 2.88. The molecule has 6 nitrogen and oxygen atoms in total. The smallest absolute Gasteiger partial charge is 0.243 e. The van der Waals surface area contributed by atoms with Crippen molar-refractivity contribution in [3.05, 3.63) is 23.8 Å². The van der Waals surface area contributed by atoms with Crippen LogP contribution in [0.2, 0.25) is 0 Å². The fourth-order valence-corrected chi connectivity index (χ4v) is 4.35. The molecule has 0 radical (unpaired) electrons. The van der Waals surface area contributed by atoms with Gasteiger partial charge >= 0.3 is 0 Å². The van der Waals surface area contributed by atoms with E-state index in [-0.39, 0.29) is 23.2 Å². The summed E-state index contributed by atoms with van der Waals surface area (Å²) in [6, 6.07) is 5.47. The van der Waals surface area contributed by atoms with Crippen molar-refractivity contribution in [3.63, 3.8) is 0 Å². The molecule has 1 saturated carbocycles. The number of nitrogens with one attached hydrogen (secondary N) is 1. The van der Waals surface area contributed by atoms with Crippen LogP contribution >= 0.6 is 11.8 Å². The van der Waals surface area contributed by atoms with Gasteiger partial charge in [-0.1, -0.05) is 6.07 Å². The van der Waals surface area contributed by atoms with Gasteiger partial charge in [0.15, 0.2) is 11.5 Å². The molecule has 0 bridgehead atoms. The van der Waals surface area contributed by atoms with Gasteiger partial charge in [0.25, 0.3) is 0 Å². The van der Waals surface area contributed by atoms with E-state index < -0.39 is 6.04 Å². The summed E-state index contributed by atoms with van der Waals surface area (Å²) in [5.74, 6) is 1.70. The predicted molar refractivity (Wildman–Crippen MR) is 92.2 cm³/mol. The molecule has 24 heavy (non-hydrogen) atoms. The largest absolute Gasteiger partial charge is 0.493 e. The van der Waals surface area contributed by atoms with Crippen molar-refractivity contribution in [2.24, 2.45) is 0 Å². The van der Waals surface area contributed by atoms with Gasteiger partial charge in [-0.2, -0.15) is 0 Å². The second kappa shape index (κ2) is 6.93. The third-order valence-corrected chi connectivity index (χ3v) is 5.61. The first-order chi connectivity index (χ1) is 11.5. The lowest BCUT2D eigenvalue weighted by molar-refractivity contribution is -0.138. The number of hydrogen-bond acceptors (Lipinski definition) is 5. The maximum Gasteiger partial charge on any atom is 0.243 e. The average Bonchev–Trinajstić information content (AvgIpc) is 3.27. The van der Waals surface area contributed by atoms with Gasteiger partial charge in [-0.05, 0) is 30.5 Å². The molecule has 2 atom stereocenters. The maximum atomic E-state index is 12.4. The summed E-state index contributed by atoms with van der Waals surface area (Å²) in [5.41, 5.74) is 0.926. The predicted octanol–water partition coefficient (Wildman–Crippen LogP) is 1.94. The Hall–Kier alpha value is -1.89. The molecule has 0 unspecified atom stereocenters. The lowest BCUT2D eigenvalue weighted by atomic mass is 10.1. The van der Waals surface area contributed by atoms with Crippen molar-refractivity contribution in [2.45, 2.75) is 37.2 Å². The number of benzene rings is 1. The fraction of sp³-hybridized carbons (Fsp3) is 0.529. The van der Waals surface area contributed by atoms with Gasteiger partial charge < -0.3 is 19.7 Å². The monoisotopic (exact) mass is 350 g/mol. The molecule has 1 heterocycles. The number of nitrogens with zero attached hydrogens (tertiary/aromatic N) is 1. The Kier molecular flexibility index (Phi) is 4.89. The van der Waals surface area contributed by atoms with Gasteiger partial charge in [-0.3, -0.25) is 9.59 Å². The van der Waals surface area contributed by atoms with Crippen molar-refractivity contribution < 1.29 is 19.1 Å². The zero-order valence-corrected chi connectivity index (χ0v) is 14.9. The van der Waals surface area contributed by atoms with Gasteiger partial charge in [-0.25, -0.2) is 0 Å². The second-order valence-electron chi connectivity index (χ2n) is 6.03. The molecule has 130 valence electrons. The second-order valence-corrected chi connectivity index (χ2v) is 7.14. The molecular weight excluding hydrogens is 328 g/mol. The summed E-state index contributed by atoms with van der Waals surface area (Å²) in [7, 11) is 3.17. The van der Waals surface area contributed by atoms with E-state index in [0.717, 1.165) is 18.4 Å². The van der Waals surface area contributed by atoms with Crippen molar-refractivity contribution in [2.75, 3.05) is 20.0 Å². The highest BCUT2D eigenvalue weighted by Crippen LogP contribution is 2.43. The van der Waals surface area contributed by atoms with Gasteiger partial charge in [0.2, 0.25) is 11.8 Å². The Labute approximate surface area is 145 Å². The van der Waals surface area contributed by atoms with Crippen LogP contribution in [0.1, 0.15) is 30.7 Å². The van der Waals surface area contributed by atoms with Crippen LogP contribution in [0.4, 0.5) is 0 Å². The first-order valence-electron chi connectivity index (χ1n) is 7.98. The summed E-state index contributed by atoms with van der Waals surface area (Å²) in [6.07, 6.45) is 2.07. The highest BCUT2D eigenvalue weighted by Gasteiger charge is 2.42. The number of carbonyl (C=O) groups is 2. The van der Waals surface area contributed by atoms with Crippen LogP contribution in [0.3, 0.4) is 0 Å². The number of amides is 2. The molecule has 1 aliphatic carbocycles. The summed E-state index contributed by atoms with van der Waals surface area (Å²) in [4.78, 5) is 26.3. The SMILES string of the molecule is COc1ccc([C@@H]2SC[C@@H](C(=O)NC3CC3)N2C(C)=O)cc1OC. The van der Waals surface area contributed by atoms with E-state index in [9.17, 15) is 9.59 Å². The van der Waals surface area contributed by atoms with E-state index in [2.05, 4.69) is 5.32 Å². The highest BCUT2D eigenvalue weighted by atomic mass is 32.2. The minimum atomic E-state index is -0.425. The summed E-state index contributed by atoms with van der Waals surface area (Å²) >= 11 is 1.60. The van der Waals surface area contributed by atoms with Crippen molar-refractivity contribution in [1.29, 1.82) is 0 Å². The summed E-state index contributed by atoms with van der Waals surface area (Å²) < 4.78 is 10.6. The number of thioether (sulfide) groups is 1. The van der Waals surface area contributed by atoms with Gasteiger partial charge in [-0.15, -0.1) is 11.8 Å². The van der Waals surface area contributed by atoms with Gasteiger partial charge in [0.1, 0.15) is 11.4 Å². The highest BCUT2D eigenvalue weighted by molar-refractivity contribution is 7.99. The lowest BCUT2D eigenvalue weighted by Crippen LogP contribution is -2.47. The Balaban J connectivity index is 1.84. The summed E-state index contributed by atoms with van der Waals surface area (Å²) in [5, 5.41) is 2.81. The van der Waals surface area contributed by atoms with Crippen LogP contribution in [0, 0.1) is 0 Å². The van der Waals surface area contributed by atoms with Gasteiger partial charge in [0.05, 0.1) is 14.2 Å². The number of hydrogen-bond donors (Lipinski definition) is 1. The molecule has 1 aromatic carbocycles. The lowest BCUT2D eigenvalue weighted by Gasteiger charge is -2.28. The first kappa shape index (κ1) is 17.0. The Bertz CT molecular complexity index is 647. The number of carbonyl (C=O) groups excluding carboxylic acids is 2. The number of methoxy groups -OCH3 is 2. The molecule has 1 N–H and O–H groups in total. The Morgan fingerprint density at radius 2 is 1.92 bits per heavy atom. The molecular formula is C17H22N2O4S. The molecule has 1 saturated heterocycles. The van der Waals surface area contributed by atoms with Crippen LogP contribution in [0.25, 0.3) is 0 Å². The number of ether oxygens (including phenoxy) is 2. The van der Waals surface area contributed by atoms with E-state index >= 15 is 0 Å². The molecule has 0 aromatic heterocycles. The van der Waals surface area contributed by atoms with Crippen molar-refractivity contribution >= 4 is 23.6 Å². The topological polar surface area (TPSA) is 67.9 Å².